The molecule has 0 radical (unpaired) electrons. The molecule has 2 N–H and O–H groups in total. The SMILES string of the molecule is CCN=C(NC(C)CCC(C)C)NC1CC1C.I. The van der Waals surface area contributed by atoms with E-state index in [-0.39, 0.29) is 24.0 Å². The van der Waals surface area contributed by atoms with E-state index in [0.29, 0.717) is 12.1 Å². The smallest absolute Gasteiger partial charge is 0.191 e. The molecular weight excluding hydrogens is 337 g/mol. The van der Waals surface area contributed by atoms with Crippen LogP contribution in [-0.4, -0.2) is 24.6 Å². The highest BCUT2D eigenvalue weighted by atomic mass is 127. The van der Waals surface area contributed by atoms with E-state index in [1.807, 2.05) is 0 Å². The summed E-state index contributed by atoms with van der Waals surface area (Å²) >= 11 is 0. The monoisotopic (exact) mass is 367 g/mol. The van der Waals surface area contributed by atoms with Crippen molar-refractivity contribution in [1.29, 1.82) is 0 Å². The summed E-state index contributed by atoms with van der Waals surface area (Å²) in [5, 5.41) is 7.00. The lowest BCUT2D eigenvalue weighted by Crippen LogP contribution is -2.43. The molecule has 108 valence electrons. The molecule has 4 heteroatoms. The Kier molecular flexibility index (Phi) is 8.99. The highest BCUT2D eigenvalue weighted by Gasteiger charge is 2.33. The Morgan fingerprint density at radius 3 is 2.33 bits per heavy atom. The van der Waals surface area contributed by atoms with Crippen LogP contribution in [0.5, 0.6) is 0 Å². The summed E-state index contributed by atoms with van der Waals surface area (Å²) < 4.78 is 0. The molecular formula is C14H30IN3. The second-order valence-electron chi connectivity index (χ2n) is 5.80. The molecule has 3 nitrogen and oxygen atoms in total. The van der Waals surface area contributed by atoms with Crippen molar-refractivity contribution in [2.45, 2.75) is 66.0 Å². The van der Waals surface area contributed by atoms with Gasteiger partial charge in [-0.15, -0.1) is 24.0 Å². The lowest BCUT2D eigenvalue weighted by molar-refractivity contribution is 0.488. The number of nitrogens with one attached hydrogen (secondary N) is 2. The minimum Gasteiger partial charge on any atom is -0.354 e. The van der Waals surface area contributed by atoms with Crippen LogP contribution in [0.2, 0.25) is 0 Å². The van der Waals surface area contributed by atoms with Gasteiger partial charge in [0.05, 0.1) is 0 Å². The van der Waals surface area contributed by atoms with Crippen molar-refractivity contribution in [3.05, 3.63) is 0 Å². The fourth-order valence-electron chi connectivity index (χ4n) is 1.88. The Balaban J connectivity index is 0.00000289. The van der Waals surface area contributed by atoms with Gasteiger partial charge in [0.25, 0.3) is 0 Å². The van der Waals surface area contributed by atoms with E-state index in [1.165, 1.54) is 19.3 Å². The fraction of sp³-hybridized carbons (Fsp3) is 0.929. The maximum atomic E-state index is 4.50. The van der Waals surface area contributed by atoms with Crippen LogP contribution in [-0.2, 0) is 0 Å². The summed E-state index contributed by atoms with van der Waals surface area (Å²) in [6, 6.07) is 1.15. The second kappa shape index (κ2) is 8.99. The summed E-state index contributed by atoms with van der Waals surface area (Å²) in [6.45, 7) is 12.0. The molecule has 1 aliphatic rings. The van der Waals surface area contributed by atoms with Gasteiger partial charge >= 0.3 is 0 Å². The van der Waals surface area contributed by atoms with Crippen LogP contribution in [0.4, 0.5) is 0 Å². The van der Waals surface area contributed by atoms with Gasteiger partial charge in [-0.3, -0.25) is 4.99 Å². The first-order valence-corrected chi connectivity index (χ1v) is 7.10. The van der Waals surface area contributed by atoms with Crippen LogP contribution in [0, 0.1) is 11.8 Å². The van der Waals surface area contributed by atoms with Crippen LogP contribution in [0.15, 0.2) is 4.99 Å². The highest BCUT2D eigenvalue weighted by Crippen LogP contribution is 2.28. The van der Waals surface area contributed by atoms with Gasteiger partial charge in [-0.2, -0.15) is 0 Å². The molecule has 0 aromatic carbocycles. The number of rotatable bonds is 6. The average Bonchev–Trinajstić information content (AvgIpc) is 2.91. The van der Waals surface area contributed by atoms with Crippen molar-refractivity contribution in [2.24, 2.45) is 16.8 Å². The van der Waals surface area contributed by atoms with Crippen molar-refractivity contribution in [3.63, 3.8) is 0 Å². The number of hydrogen-bond acceptors (Lipinski definition) is 1. The van der Waals surface area contributed by atoms with E-state index in [0.717, 1.165) is 24.3 Å². The van der Waals surface area contributed by atoms with Crippen molar-refractivity contribution in [1.82, 2.24) is 10.6 Å². The Labute approximate surface area is 130 Å². The van der Waals surface area contributed by atoms with Crippen molar-refractivity contribution in [2.75, 3.05) is 6.54 Å². The first-order valence-electron chi connectivity index (χ1n) is 7.10. The predicted molar refractivity (Wildman–Crippen MR) is 90.8 cm³/mol. The Morgan fingerprint density at radius 2 is 1.89 bits per heavy atom. The van der Waals surface area contributed by atoms with E-state index >= 15 is 0 Å². The summed E-state index contributed by atoms with van der Waals surface area (Å²) in [5.41, 5.74) is 0. The standard InChI is InChI=1S/C14H29N3.HI/c1-6-15-14(17-13-9-11(13)4)16-12(5)8-7-10(2)3;/h10-13H,6-9H2,1-5H3,(H2,15,16,17);1H. The zero-order chi connectivity index (χ0) is 12.8. The van der Waals surface area contributed by atoms with Gasteiger partial charge in [-0.25, -0.2) is 0 Å². The van der Waals surface area contributed by atoms with Crippen molar-refractivity contribution in [3.8, 4) is 0 Å². The molecule has 0 aromatic rings. The zero-order valence-corrected chi connectivity index (χ0v) is 14.8. The molecule has 0 aliphatic heterocycles. The Bertz CT molecular complexity index is 253. The molecule has 0 heterocycles. The van der Waals surface area contributed by atoms with Crippen molar-refractivity contribution < 1.29 is 0 Å². The normalized spacial score (nSPS) is 24.4. The van der Waals surface area contributed by atoms with E-state index < -0.39 is 0 Å². The number of nitrogens with zero attached hydrogens (tertiary/aromatic N) is 1. The maximum absolute atomic E-state index is 4.50. The van der Waals surface area contributed by atoms with Crippen LogP contribution in [0.25, 0.3) is 0 Å². The second-order valence-corrected chi connectivity index (χ2v) is 5.80. The van der Waals surface area contributed by atoms with E-state index in [2.05, 4.69) is 50.2 Å². The summed E-state index contributed by atoms with van der Waals surface area (Å²) in [5.74, 6) is 2.59. The first-order chi connectivity index (χ1) is 8.02. The first kappa shape index (κ1) is 18.0. The predicted octanol–water partition coefficient (Wildman–Crippen LogP) is 3.39. The van der Waals surface area contributed by atoms with Crippen LogP contribution < -0.4 is 10.6 Å². The third-order valence-electron chi connectivity index (χ3n) is 3.31. The molecule has 0 bridgehead atoms. The minimum atomic E-state index is 0. The quantitative estimate of drug-likeness (QED) is 0.429. The van der Waals surface area contributed by atoms with E-state index in [1.54, 1.807) is 0 Å². The van der Waals surface area contributed by atoms with Gasteiger partial charge in [-0.05, 0) is 44.9 Å². The maximum Gasteiger partial charge on any atom is 0.191 e. The van der Waals surface area contributed by atoms with Crippen LogP contribution in [0.3, 0.4) is 0 Å². The van der Waals surface area contributed by atoms with Gasteiger partial charge in [-0.1, -0.05) is 20.8 Å². The lowest BCUT2D eigenvalue weighted by atomic mass is 10.0. The highest BCUT2D eigenvalue weighted by molar-refractivity contribution is 14.0. The number of halogens is 1. The fourth-order valence-corrected chi connectivity index (χ4v) is 1.88. The third-order valence-corrected chi connectivity index (χ3v) is 3.31. The molecule has 0 spiro atoms. The molecule has 18 heavy (non-hydrogen) atoms. The summed E-state index contributed by atoms with van der Waals surface area (Å²) in [7, 11) is 0. The Morgan fingerprint density at radius 1 is 1.28 bits per heavy atom. The van der Waals surface area contributed by atoms with Crippen LogP contribution >= 0.6 is 24.0 Å². The third kappa shape index (κ3) is 7.44. The Hall–Kier alpha value is 0. The summed E-state index contributed by atoms with van der Waals surface area (Å²) in [6.07, 6.45) is 3.76. The molecule has 1 aliphatic carbocycles. The minimum absolute atomic E-state index is 0. The molecule has 1 rings (SSSR count). The number of guanidine groups is 1. The molecule has 0 saturated heterocycles. The van der Waals surface area contributed by atoms with Gasteiger partial charge in [0.2, 0.25) is 0 Å². The lowest BCUT2D eigenvalue weighted by Gasteiger charge is -2.19. The number of aliphatic imine (C=N–C) groups is 1. The van der Waals surface area contributed by atoms with Crippen LogP contribution in [0.1, 0.15) is 53.9 Å². The van der Waals surface area contributed by atoms with Crippen molar-refractivity contribution >= 4 is 29.9 Å². The van der Waals surface area contributed by atoms with Gasteiger partial charge in [0, 0.05) is 18.6 Å². The largest absolute Gasteiger partial charge is 0.354 e. The van der Waals surface area contributed by atoms with Gasteiger partial charge in [0.15, 0.2) is 5.96 Å². The molecule has 0 amide bonds. The average molecular weight is 367 g/mol. The number of hydrogen-bond donors (Lipinski definition) is 2. The molecule has 3 unspecified atom stereocenters. The van der Waals surface area contributed by atoms with Gasteiger partial charge < -0.3 is 10.6 Å². The van der Waals surface area contributed by atoms with E-state index in [4.69, 9.17) is 0 Å². The molecule has 1 saturated carbocycles. The van der Waals surface area contributed by atoms with Gasteiger partial charge in [0.1, 0.15) is 0 Å². The molecule has 3 atom stereocenters. The van der Waals surface area contributed by atoms with E-state index in [9.17, 15) is 0 Å². The topological polar surface area (TPSA) is 36.4 Å². The molecule has 0 aromatic heterocycles. The molecule has 1 fully saturated rings. The summed E-state index contributed by atoms with van der Waals surface area (Å²) in [4.78, 5) is 4.50. The zero-order valence-electron chi connectivity index (χ0n) is 12.5.